The van der Waals surface area contributed by atoms with Gasteiger partial charge in [0.15, 0.2) is 0 Å². The Bertz CT molecular complexity index is 911. The van der Waals surface area contributed by atoms with Crippen molar-refractivity contribution < 1.29 is 9.84 Å². The monoisotopic (exact) mass is 464 g/mol. The number of nitrogens with zero attached hydrogens (tertiary/aromatic N) is 2. The van der Waals surface area contributed by atoms with E-state index in [1.54, 1.807) is 0 Å². The fraction of sp³-hybridized carbons (Fsp3) is 0.800. The number of ether oxygens (including phenoxy) is 1. The Morgan fingerprint density at radius 2 is 1.94 bits per heavy atom. The Balaban J connectivity index is 1.26. The van der Waals surface area contributed by atoms with Crippen molar-refractivity contribution in [3.63, 3.8) is 0 Å². The quantitative estimate of drug-likeness (QED) is 0.547. The second-order valence-corrected chi connectivity index (χ2v) is 12.6. The molecule has 0 saturated heterocycles. The van der Waals surface area contributed by atoms with Crippen LogP contribution in [0.3, 0.4) is 0 Å². The van der Waals surface area contributed by atoms with Gasteiger partial charge < -0.3 is 9.84 Å². The van der Waals surface area contributed by atoms with Crippen LogP contribution in [0.5, 0.6) is 0 Å². The van der Waals surface area contributed by atoms with Gasteiger partial charge in [-0.05, 0) is 130 Å². The maximum Gasteiger partial charge on any atom is 0.140 e. The van der Waals surface area contributed by atoms with Crippen LogP contribution in [-0.4, -0.2) is 28.9 Å². The molecule has 4 nitrogen and oxygen atoms in total. The molecule has 1 N–H and O–H groups in total. The van der Waals surface area contributed by atoms with Crippen molar-refractivity contribution in [2.24, 2.45) is 46.8 Å². The van der Waals surface area contributed by atoms with Crippen molar-refractivity contribution in [3.8, 4) is 6.07 Å². The van der Waals surface area contributed by atoms with Crippen LogP contribution in [0.4, 0.5) is 0 Å². The SMILES string of the molecule is CCOC[C@@]1(O)CC[C@H]2[C@H](CC[C@@H]3[C@@H]2CC[C@]2(C)C([C@@H](C)Cc4cccc(C#N)n4)CC[C@@H]32)C1. The largest absolute Gasteiger partial charge is 0.387 e. The van der Waals surface area contributed by atoms with Gasteiger partial charge in [-0.25, -0.2) is 4.98 Å². The Hall–Kier alpha value is -1.44. The third-order valence-corrected chi connectivity index (χ3v) is 10.9. The fourth-order valence-corrected chi connectivity index (χ4v) is 9.49. The van der Waals surface area contributed by atoms with Gasteiger partial charge in [-0.1, -0.05) is 19.9 Å². The molecule has 9 atom stereocenters. The third-order valence-electron chi connectivity index (χ3n) is 10.9. The molecule has 0 spiro atoms. The van der Waals surface area contributed by atoms with Gasteiger partial charge in [-0.2, -0.15) is 5.26 Å². The maximum absolute atomic E-state index is 11.1. The second-order valence-electron chi connectivity index (χ2n) is 12.6. The van der Waals surface area contributed by atoms with Crippen LogP contribution in [0, 0.1) is 58.2 Å². The Labute approximate surface area is 206 Å². The highest BCUT2D eigenvalue weighted by molar-refractivity contribution is 5.22. The zero-order valence-corrected chi connectivity index (χ0v) is 21.5. The van der Waals surface area contributed by atoms with Crippen molar-refractivity contribution in [3.05, 3.63) is 29.6 Å². The van der Waals surface area contributed by atoms with Crippen LogP contribution in [-0.2, 0) is 11.2 Å². The Kier molecular flexibility index (Phi) is 6.81. The standard InChI is InChI=1S/C30H44N2O2/c1-4-34-19-30(33)15-13-24-21(17-30)8-9-26-25(24)12-14-29(3)27(10-11-28(26)29)20(2)16-22-6-5-7-23(18-31)32-22/h5-7,20-21,24-28,33H,4,8-17,19H2,1-3H3/t20-,21+,24-,25+,26+,27?,28-,29+,30+/m0/s1. The molecule has 1 heterocycles. The lowest BCUT2D eigenvalue weighted by Crippen LogP contribution is -2.52. The van der Waals surface area contributed by atoms with Crippen LogP contribution < -0.4 is 0 Å². The first-order chi connectivity index (χ1) is 16.4. The van der Waals surface area contributed by atoms with E-state index in [4.69, 9.17) is 4.74 Å². The molecular formula is C30H44N2O2. The highest BCUT2D eigenvalue weighted by atomic mass is 16.5. The van der Waals surface area contributed by atoms with Gasteiger partial charge >= 0.3 is 0 Å². The first-order valence-electron chi connectivity index (χ1n) is 14.0. The van der Waals surface area contributed by atoms with Gasteiger partial charge in [0, 0.05) is 12.3 Å². The summed E-state index contributed by atoms with van der Waals surface area (Å²) in [7, 11) is 0. The molecule has 1 unspecified atom stereocenters. The zero-order valence-electron chi connectivity index (χ0n) is 21.5. The van der Waals surface area contributed by atoms with Gasteiger partial charge in [0.25, 0.3) is 0 Å². The smallest absolute Gasteiger partial charge is 0.140 e. The molecule has 34 heavy (non-hydrogen) atoms. The van der Waals surface area contributed by atoms with E-state index in [0.29, 0.717) is 36.2 Å². The molecule has 4 aliphatic rings. The van der Waals surface area contributed by atoms with Crippen molar-refractivity contribution in [1.82, 2.24) is 4.98 Å². The highest BCUT2D eigenvalue weighted by Crippen LogP contribution is 2.65. The minimum absolute atomic E-state index is 0.449. The summed E-state index contributed by atoms with van der Waals surface area (Å²) in [5.41, 5.74) is 1.48. The highest BCUT2D eigenvalue weighted by Gasteiger charge is 2.58. The van der Waals surface area contributed by atoms with E-state index in [9.17, 15) is 10.4 Å². The molecular weight excluding hydrogens is 420 g/mol. The van der Waals surface area contributed by atoms with Gasteiger partial charge in [-0.15, -0.1) is 0 Å². The number of aliphatic hydroxyl groups is 1. The first kappa shape index (κ1) is 24.3. The number of fused-ring (bicyclic) bond motifs is 5. The third kappa shape index (κ3) is 4.33. The number of rotatable bonds is 6. The van der Waals surface area contributed by atoms with E-state index in [1.165, 1.54) is 44.9 Å². The fourth-order valence-electron chi connectivity index (χ4n) is 9.49. The molecule has 0 amide bonds. The van der Waals surface area contributed by atoms with Crippen LogP contribution >= 0.6 is 0 Å². The maximum atomic E-state index is 11.1. The molecule has 186 valence electrons. The van der Waals surface area contributed by atoms with Gasteiger partial charge in [0.1, 0.15) is 11.8 Å². The molecule has 0 radical (unpaired) electrons. The number of pyridine rings is 1. The molecule has 0 bridgehead atoms. The van der Waals surface area contributed by atoms with Crippen molar-refractivity contribution in [2.75, 3.05) is 13.2 Å². The van der Waals surface area contributed by atoms with Crippen LogP contribution in [0.2, 0.25) is 0 Å². The summed E-state index contributed by atoms with van der Waals surface area (Å²) >= 11 is 0. The zero-order chi connectivity index (χ0) is 23.9. The van der Waals surface area contributed by atoms with E-state index in [-0.39, 0.29) is 0 Å². The molecule has 5 rings (SSSR count). The average molecular weight is 465 g/mol. The van der Waals surface area contributed by atoms with E-state index in [1.807, 2.05) is 19.1 Å². The minimum atomic E-state index is -0.585. The number of aromatic nitrogens is 1. The normalized spacial score (nSPS) is 42.2. The number of nitriles is 1. The van der Waals surface area contributed by atoms with Crippen molar-refractivity contribution in [1.29, 1.82) is 5.26 Å². The van der Waals surface area contributed by atoms with Gasteiger partial charge in [0.05, 0.1) is 12.2 Å². The summed E-state index contributed by atoms with van der Waals surface area (Å²) in [5.74, 6) is 5.49. The molecule has 4 aliphatic carbocycles. The lowest BCUT2D eigenvalue weighted by molar-refractivity contribution is -0.129. The predicted octanol–water partition coefficient (Wildman–Crippen LogP) is 6.17. The van der Waals surface area contributed by atoms with Gasteiger partial charge in [0.2, 0.25) is 0 Å². The van der Waals surface area contributed by atoms with E-state index < -0.39 is 5.60 Å². The van der Waals surface area contributed by atoms with Crippen LogP contribution in [0.25, 0.3) is 0 Å². The van der Waals surface area contributed by atoms with Crippen molar-refractivity contribution >= 4 is 0 Å². The van der Waals surface area contributed by atoms with E-state index >= 15 is 0 Å². The molecule has 1 aromatic rings. The van der Waals surface area contributed by atoms with Crippen LogP contribution in [0.15, 0.2) is 18.2 Å². The van der Waals surface area contributed by atoms with Gasteiger partial charge in [-0.3, -0.25) is 0 Å². The summed E-state index contributed by atoms with van der Waals surface area (Å²) in [6.07, 6.45) is 12.2. The minimum Gasteiger partial charge on any atom is -0.387 e. The first-order valence-corrected chi connectivity index (χ1v) is 14.0. The predicted molar refractivity (Wildman–Crippen MR) is 134 cm³/mol. The molecule has 1 aromatic heterocycles. The summed E-state index contributed by atoms with van der Waals surface area (Å²) in [5, 5.41) is 20.4. The molecule has 0 aliphatic heterocycles. The summed E-state index contributed by atoms with van der Waals surface area (Å²) < 4.78 is 5.65. The second kappa shape index (κ2) is 9.55. The van der Waals surface area contributed by atoms with E-state index in [2.05, 4.69) is 31.0 Å². The lowest BCUT2D eigenvalue weighted by Gasteiger charge is -2.57. The lowest BCUT2D eigenvalue weighted by atomic mass is 9.48. The summed E-state index contributed by atoms with van der Waals surface area (Å²) in [6, 6.07) is 8.08. The number of hydrogen-bond donors (Lipinski definition) is 1. The Morgan fingerprint density at radius 1 is 1.12 bits per heavy atom. The van der Waals surface area contributed by atoms with Crippen molar-refractivity contribution in [2.45, 2.75) is 90.6 Å². The topological polar surface area (TPSA) is 66.1 Å². The molecule has 4 fully saturated rings. The Morgan fingerprint density at radius 3 is 2.74 bits per heavy atom. The molecule has 4 saturated carbocycles. The average Bonchev–Trinajstić information content (AvgIpc) is 3.20. The van der Waals surface area contributed by atoms with E-state index in [0.717, 1.165) is 54.5 Å². The number of hydrogen-bond acceptors (Lipinski definition) is 4. The summed E-state index contributed by atoms with van der Waals surface area (Å²) in [6.45, 7) is 8.29. The molecule has 4 heteroatoms. The molecule has 0 aromatic carbocycles. The van der Waals surface area contributed by atoms with Crippen LogP contribution in [0.1, 0.15) is 89.9 Å². The summed E-state index contributed by atoms with van der Waals surface area (Å²) in [4.78, 5) is 4.58.